The van der Waals surface area contributed by atoms with E-state index in [-0.39, 0.29) is 12.5 Å². The number of piperidine rings is 1. The second-order valence-corrected chi connectivity index (χ2v) is 9.70. The minimum atomic E-state index is -0.200. The van der Waals surface area contributed by atoms with Gasteiger partial charge in [-0.05, 0) is 43.5 Å². The number of anilines is 1. The van der Waals surface area contributed by atoms with E-state index >= 15 is 0 Å². The largest absolute Gasteiger partial charge is 0.377 e. The number of amides is 1. The van der Waals surface area contributed by atoms with Gasteiger partial charge in [0, 0.05) is 50.1 Å². The Balaban J connectivity index is 1.50. The van der Waals surface area contributed by atoms with Crippen LogP contribution in [0.3, 0.4) is 0 Å². The zero-order chi connectivity index (χ0) is 22.7. The molecule has 0 atom stereocenters. The molecule has 1 aliphatic heterocycles. The van der Waals surface area contributed by atoms with E-state index < -0.39 is 0 Å². The van der Waals surface area contributed by atoms with Crippen LogP contribution in [0.1, 0.15) is 40.3 Å². The van der Waals surface area contributed by atoms with Crippen molar-refractivity contribution >= 4 is 40.4 Å². The van der Waals surface area contributed by atoms with Gasteiger partial charge in [-0.1, -0.05) is 22.8 Å². The van der Waals surface area contributed by atoms with Gasteiger partial charge >= 0.3 is 0 Å². The molecule has 3 heterocycles. The van der Waals surface area contributed by atoms with Gasteiger partial charge in [0.05, 0.1) is 15.8 Å². The van der Waals surface area contributed by atoms with E-state index in [4.69, 9.17) is 21.5 Å². The summed E-state index contributed by atoms with van der Waals surface area (Å²) in [6.45, 7) is 2.11. The van der Waals surface area contributed by atoms with Gasteiger partial charge in [0.25, 0.3) is 5.91 Å². The van der Waals surface area contributed by atoms with Crippen molar-refractivity contribution in [2.45, 2.75) is 25.8 Å². The fourth-order valence-corrected chi connectivity index (χ4v) is 4.74. The molecule has 2 N–H and O–H groups in total. The van der Waals surface area contributed by atoms with Crippen LogP contribution in [0.4, 0.5) is 5.69 Å². The van der Waals surface area contributed by atoms with Crippen molar-refractivity contribution in [3.8, 4) is 11.3 Å². The van der Waals surface area contributed by atoms with Crippen LogP contribution in [0.5, 0.6) is 0 Å². The second kappa shape index (κ2) is 9.75. The number of thiophene rings is 1. The smallest absolute Gasteiger partial charge is 0.261 e. The predicted molar refractivity (Wildman–Crippen MR) is 129 cm³/mol. The van der Waals surface area contributed by atoms with Crippen LogP contribution in [0.25, 0.3) is 11.3 Å². The van der Waals surface area contributed by atoms with Gasteiger partial charge in [-0.3, -0.25) is 10.2 Å². The molecule has 9 heteroatoms. The van der Waals surface area contributed by atoms with Gasteiger partial charge in [0.1, 0.15) is 11.5 Å². The van der Waals surface area contributed by atoms with Gasteiger partial charge in [-0.2, -0.15) is 0 Å². The van der Waals surface area contributed by atoms with Crippen molar-refractivity contribution in [2.24, 2.45) is 0 Å². The lowest BCUT2D eigenvalue weighted by Gasteiger charge is -2.29. The second-order valence-electron chi connectivity index (χ2n) is 7.99. The van der Waals surface area contributed by atoms with Crippen LogP contribution in [0, 0.1) is 5.41 Å². The molecule has 0 aliphatic carbocycles. The molecule has 0 radical (unpaired) electrons. The number of carbonyl (C=O) groups is 1. The fraction of sp³-hybridized carbons (Fsp3) is 0.348. The lowest BCUT2D eigenvalue weighted by atomic mass is 10.0. The maximum atomic E-state index is 12.2. The Morgan fingerprint density at radius 1 is 1.22 bits per heavy atom. The van der Waals surface area contributed by atoms with Gasteiger partial charge < -0.3 is 19.6 Å². The summed E-state index contributed by atoms with van der Waals surface area (Å²) in [6, 6.07) is 11.2. The van der Waals surface area contributed by atoms with E-state index in [0.717, 1.165) is 42.7 Å². The highest BCUT2D eigenvalue weighted by molar-refractivity contribution is 7.17. The number of aromatic nitrogens is 1. The Labute approximate surface area is 196 Å². The lowest BCUT2D eigenvalue weighted by molar-refractivity contribution is 0.0951. The Hall–Kier alpha value is -2.84. The molecule has 7 nitrogen and oxygen atoms in total. The van der Waals surface area contributed by atoms with Crippen LogP contribution in [-0.2, 0) is 6.54 Å². The predicted octanol–water partition coefficient (Wildman–Crippen LogP) is 4.86. The molecule has 4 rings (SSSR count). The number of nitrogens with zero attached hydrogens (tertiary/aromatic N) is 3. The molecular weight excluding hydrogens is 446 g/mol. The third-order valence-corrected chi connectivity index (χ3v) is 6.71. The van der Waals surface area contributed by atoms with Crippen LogP contribution in [0.2, 0.25) is 4.34 Å². The summed E-state index contributed by atoms with van der Waals surface area (Å²) in [6.07, 6.45) is 3.51. The molecule has 168 valence electrons. The van der Waals surface area contributed by atoms with Gasteiger partial charge in [0.15, 0.2) is 5.76 Å². The first-order valence-electron chi connectivity index (χ1n) is 10.6. The first kappa shape index (κ1) is 22.4. The van der Waals surface area contributed by atoms with Crippen LogP contribution < -0.4 is 10.2 Å². The summed E-state index contributed by atoms with van der Waals surface area (Å²) in [5, 5.41) is 15.7. The third-order valence-electron chi connectivity index (χ3n) is 5.48. The van der Waals surface area contributed by atoms with Crippen LogP contribution >= 0.6 is 22.9 Å². The standard InChI is InChI=1S/C23H26ClN5O2S/c1-28(2)19-12-15(22(25)29-10-4-3-5-11-29)6-7-17(19)18-13-16(31-27-18)14-26-23(30)20-8-9-21(24)32-20/h6-9,12-13,25H,3-5,10-11,14H2,1-2H3,(H,26,30). The highest BCUT2D eigenvalue weighted by Gasteiger charge is 2.19. The summed E-state index contributed by atoms with van der Waals surface area (Å²) >= 11 is 7.13. The molecule has 0 bridgehead atoms. The first-order chi connectivity index (χ1) is 15.4. The summed E-state index contributed by atoms with van der Waals surface area (Å²) in [5.74, 6) is 0.928. The molecule has 1 saturated heterocycles. The normalized spacial score (nSPS) is 13.8. The van der Waals surface area contributed by atoms with Crippen LogP contribution in [-0.4, -0.2) is 49.0 Å². The monoisotopic (exact) mass is 471 g/mol. The zero-order valence-electron chi connectivity index (χ0n) is 18.2. The molecule has 3 aromatic rings. The van der Waals surface area contributed by atoms with Crippen molar-refractivity contribution < 1.29 is 9.32 Å². The third kappa shape index (κ3) is 4.97. The molecule has 1 fully saturated rings. The number of benzene rings is 1. The molecule has 2 aromatic heterocycles. The van der Waals surface area contributed by atoms with Gasteiger partial charge in [-0.15, -0.1) is 11.3 Å². The van der Waals surface area contributed by atoms with Crippen molar-refractivity contribution in [1.82, 2.24) is 15.4 Å². The lowest BCUT2D eigenvalue weighted by Crippen LogP contribution is -2.35. The number of amidine groups is 1. The molecule has 1 aliphatic rings. The Bertz CT molecular complexity index is 1120. The number of hydrogen-bond acceptors (Lipinski definition) is 6. The molecule has 0 spiro atoms. The van der Waals surface area contributed by atoms with Crippen molar-refractivity contribution in [1.29, 1.82) is 5.41 Å². The number of halogens is 1. The molecule has 0 unspecified atom stereocenters. The minimum absolute atomic E-state index is 0.200. The number of carbonyl (C=O) groups excluding carboxylic acids is 1. The van der Waals surface area contributed by atoms with E-state index in [1.54, 1.807) is 12.1 Å². The Morgan fingerprint density at radius 3 is 2.69 bits per heavy atom. The van der Waals surface area contributed by atoms with Gasteiger partial charge in [0.2, 0.25) is 0 Å². The maximum absolute atomic E-state index is 12.2. The Morgan fingerprint density at radius 2 is 2.00 bits per heavy atom. The van der Waals surface area contributed by atoms with E-state index in [0.29, 0.717) is 26.5 Å². The SMILES string of the molecule is CN(C)c1cc(C(=N)N2CCCCC2)ccc1-c1cc(CNC(=O)c2ccc(Cl)s2)on1. The topological polar surface area (TPSA) is 85.5 Å². The van der Waals surface area contributed by atoms with E-state index in [9.17, 15) is 4.79 Å². The van der Waals surface area contributed by atoms with Crippen molar-refractivity contribution in [3.05, 3.63) is 56.9 Å². The molecule has 1 amide bonds. The maximum Gasteiger partial charge on any atom is 0.261 e. The number of hydrogen-bond donors (Lipinski definition) is 2. The van der Waals surface area contributed by atoms with Crippen LogP contribution in [0.15, 0.2) is 40.9 Å². The highest BCUT2D eigenvalue weighted by Crippen LogP contribution is 2.31. The fourth-order valence-electron chi connectivity index (χ4n) is 3.78. The number of nitrogens with one attached hydrogen (secondary N) is 2. The van der Waals surface area contributed by atoms with E-state index in [1.165, 1.54) is 17.8 Å². The molecule has 32 heavy (non-hydrogen) atoms. The Kier molecular flexibility index (Phi) is 6.81. The summed E-state index contributed by atoms with van der Waals surface area (Å²) < 4.78 is 6.04. The van der Waals surface area contributed by atoms with E-state index in [1.807, 2.05) is 43.3 Å². The number of rotatable bonds is 6. The number of likely N-dealkylation sites (tertiary alicyclic amines) is 1. The van der Waals surface area contributed by atoms with Gasteiger partial charge in [-0.25, -0.2) is 0 Å². The zero-order valence-corrected chi connectivity index (χ0v) is 19.7. The molecule has 1 aromatic carbocycles. The summed E-state index contributed by atoms with van der Waals surface area (Å²) in [4.78, 5) is 16.9. The van der Waals surface area contributed by atoms with Crippen molar-refractivity contribution in [2.75, 3.05) is 32.1 Å². The molecular formula is C23H26ClN5O2S. The summed E-state index contributed by atoms with van der Waals surface area (Å²) in [7, 11) is 3.95. The highest BCUT2D eigenvalue weighted by atomic mass is 35.5. The van der Waals surface area contributed by atoms with Crippen molar-refractivity contribution in [3.63, 3.8) is 0 Å². The average Bonchev–Trinajstić information content (AvgIpc) is 3.46. The average molecular weight is 472 g/mol. The first-order valence-corrected chi connectivity index (χ1v) is 11.8. The van der Waals surface area contributed by atoms with E-state index in [2.05, 4.69) is 15.4 Å². The quantitative estimate of drug-likeness (QED) is 0.396. The summed E-state index contributed by atoms with van der Waals surface area (Å²) in [5.41, 5.74) is 3.45. The molecule has 0 saturated carbocycles. The minimum Gasteiger partial charge on any atom is -0.377 e.